The number of carbonyl (C=O) groups excluding carboxylic acids is 1. The van der Waals surface area contributed by atoms with Gasteiger partial charge in [0.05, 0.1) is 13.5 Å². The number of carbonyl (C=O) groups is 1. The van der Waals surface area contributed by atoms with Crippen molar-refractivity contribution in [3.8, 4) is 0 Å². The van der Waals surface area contributed by atoms with Crippen molar-refractivity contribution in [2.45, 2.75) is 19.3 Å². The molecule has 2 rings (SSSR count). The lowest BCUT2D eigenvalue weighted by Gasteiger charge is -2.20. The normalized spacial score (nSPS) is 21.5. The van der Waals surface area contributed by atoms with Gasteiger partial charge in [-0.1, -0.05) is 0 Å². The molecular formula is C9H15N5O. The predicted molar refractivity (Wildman–Crippen MR) is 53.1 cm³/mol. The van der Waals surface area contributed by atoms with E-state index in [4.69, 9.17) is 0 Å². The number of piperidine rings is 1. The van der Waals surface area contributed by atoms with E-state index in [1.807, 2.05) is 0 Å². The first-order valence-corrected chi connectivity index (χ1v) is 5.22. The molecule has 1 N–H and O–H groups in total. The fraction of sp³-hybridized carbons (Fsp3) is 0.778. The highest BCUT2D eigenvalue weighted by Crippen LogP contribution is 2.12. The van der Waals surface area contributed by atoms with Crippen LogP contribution in [0.3, 0.4) is 0 Å². The molecule has 1 unspecified atom stereocenters. The molecule has 0 aromatic carbocycles. The molecule has 1 fully saturated rings. The molecule has 1 saturated heterocycles. The van der Waals surface area contributed by atoms with Crippen LogP contribution in [0.4, 0.5) is 0 Å². The molecule has 6 heteroatoms. The van der Waals surface area contributed by atoms with Crippen LogP contribution in [0.1, 0.15) is 18.7 Å². The summed E-state index contributed by atoms with van der Waals surface area (Å²) < 4.78 is 0. The molecular weight excluding hydrogens is 194 g/mol. The van der Waals surface area contributed by atoms with Gasteiger partial charge in [-0.05, 0) is 24.6 Å². The lowest BCUT2D eigenvalue weighted by molar-refractivity contribution is -0.122. The van der Waals surface area contributed by atoms with Crippen LogP contribution in [0.5, 0.6) is 0 Å². The quantitative estimate of drug-likeness (QED) is 0.714. The Bertz CT molecular complexity index is 342. The van der Waals surface area contributed by atoms with Gasteiger partial charge in [0.2, 0.25) is 0 Å². The summed E-state index contributed by atoms with van der Waals surface area (Å²) in [7, 11) is 1.70. The Labute approximate surface area is 88.0 Å². The lowest BCUT2D eigenvalue weighted by atomic mass is 9.93. The summed E-state index contributed by atoms with van der Waals surface area (Å²) in [6, 6.07) is 0. The van der Waals surface area contributed by atoms with Crippen LogP contribution in [0.2, 0.25) is 0 Å². The highest BCUT2D eigenvalue weighted by atomic mass is 16.1. The zero-order chi connectivity index (χ0) is 10.7. The van der Waals surface area contributed by atoms with E-state index in [0.29, 0.717) is 12.2 Å². The Kier molecular flexibility index (Phi) is 3.05. The Hall–Kier alpha value is -1.30. The number of aryl methyl sites for hydroxylation is 1. The average molecular weight is 209 g/mol. The molecule has 0 spiro atoms. The van der Waals surface area contributed by atoms with E-state index in [0.717, 1.165) is 25.9 Å². The molecule has 0 amide bonds. The maximum atomic E-state index is 11.8. The molecule has 0 saturated carbocycles. The minimum atomic E-state index is 0.127. The van der Waals surface area contributed by atoms with Crippen LogP contribution in [0.15, 0.2) is 0 Å². The van der Waals surface area contributed by atoms with Crippen LogP contribution in [-0.4, -0.2) is 39.1 Å². The van der Waals surface area contributed by atoms with E-state index in [-0.39, 0.29) is 11.7 Å². The van der Waals surface area contributed by atoms with Crippen molar-refractivity contribution in [2.24, 2.45) is 13.0 Å². The number of hydrogen-bond acceptors (Lipinski definition) is 5. The number of tetrazole rings is 1. The number of ketones is 1. The first kappa shape index (κ1) is 10.2. The molecule has 0 radical (unpaired) electrons. The number of Topliss-reactive ketones (excluding diaryl/α,β-unsaturated/α-hetero) is 1. The summed E-state index contributed by atoms with van der Waals surface area (Å²) in [5.74, 6) is 0.867. The topological polar surface area (TPSA) is 72.7 Å². The molecule has 82 valence electrons. The second-order valence-electron chi connectivity index (χ2n) is 3.88. The maximum Gasteiger partial charge on any atom is 0.182 e. The molecule has 0 bridgehead atoms. The van der Waals surface area contributed by atoms with Crippen molar-refractivity contribution in [2.75, 3.05) is 13.1 Å². The van der Waals surface area contributed by atoms with Crippen LogP contribution in [0, 0.1) is 5.92 Å². The van der Waals surface area contributed by atoms with E-state index in [1.165, 1.54) is 4.80 Å². The second kappa shape index (κ2) is 4.48. The van der Waals surface area contributed by atoms with Gasteiger partial charge in [0.25, 0.3) is 0 Å². The number of aromatic nitrogens is 4. The third kappa shape index (κ3) is 2.59. The summed E-state index contributed by atoms with van der Waals surface area (Å²) >= 11 is 0. The second-order valence-corrected chi connectivity index (χ2v) is 3.88. The summed E-state index contributed by atoms with van der Waals surface area (Å²) in [5, 5.41) is 14.7. The maximum absolute atomic E-state index is 11.8. The minimum Gasteiger partial charge on any atom is -0.316 e. The number of nitrogens with zero attached hydrogens (tertiary/aromatic N) is 4. The van der Waals surface area contributed by atoms with Crippen molar-refractivity contribution in [3.63, 3.8) is 0 Å². The van der Waals surface area contributed by atoms with Gasteiger partial charge in [-0.25, -0.2) is 0 Å². The first-order chi connectivity index (χ1) is 7.25. The van der Waals surface area contributed by atoms with E-state index in [1.54, 1.807) is 7.05 Å². The van der Waals surface area contributed by atoms with Crippen molar-refractivity contribution in [1.29, 1.82) is 0 Å². The largest absolute Gasteiger partial charge is 0.316 e. The monoisotopic (exact) mass is 209 g/mol. The zero-order valence-electron chi connectivity index (χ0n) is 8.81. The van der Waals surface area contributed by atoms with Gasteiger partial charge in [-0.3, -0.25) is 4.79 Å². The summed E-state index contributed by atoms with van der Waals surface area (Å²) in [6.07, 6.45) is 2.36. The van der Waals surface area contributed by atoms with Crippen molar-refractivity contribution in [3.05, 3.63) is 5.82 Å². The van der Waals surface area contributed by atoms with Crippen molar-refractivity contribution >= 4 is 5.78 Å². The highest BCUT2D eigenvalue weighted by Gasteiger charge is 2.22. The smallest absolute Gasteiger partial charge is 0.182 e. The van der Waals surface area contributed by atoms with Crippen molar-refractivity contribution in [1.82, 2.24) is 25.5 Å². The molecule has 1 aromatic heterocycles. The number of rotatable bonds is 3. The fourth-order valence-corrected chi connectivity index (χ4v) is 1.82. The third-order valence-corrected chi connectivity index (χ3v) is 2.63. The molecule has 6 nitrogen and oxygen atoms in total. The zero-order valence-corrected chi connectivity index (χ0v) is 8.81. The van der Waals surface area contributed by atoms with Crippen LogP contribution >= 0.6 is 0 Å². The molecule has 1 atom stereocenters. The van der Waals surface area contributed by atoms with E-state index >= 15 is 0 Å². The fourth-order valence-electron chi connectivity index (χ4n) is 1.82. The summed E-state index contributed by atoms with van der Waals surface area (Å²) in [5.41, 5.74) is 0. The third-order valence-electron chi connectivity index (χ3n) is 2.63. The van der Waals surface area contributed by atoms with Crippen LogP contribution in [-0.2, 0) is 18.3 Å². The van der Waals surface area contributed by atoms with Gasteiger partial charge in [-0.2, -0.15) is 4.80 Å². The predicted octanol–water partition coefficient (Wildman–Crippen LogP) is -0.679. The van der Waals surface area contributed by atoms with Gasteiger partial charge in [0.1, 0.15) is 5.78 Å². The molecule has 15 heavy (non-hydrogen) atoms. The number of nitrogens with one attached hydrogen (secondary N) is 1. The van der Waals surface area contributed by atoms with Gasteiger partial charge >= 0.3 is 0 Å². The Balaban J connectivity index is 1.91. The average Bonchev–Trinajstić information content (AvgIpc) is 2.65. The van der Waals surface area contributed by atoms with Crippen LogP contribution < -0.4 is 5.32 Å². The highest BCUT2D eigenvalue weighted by molar-refractivity contribution is 5.82. The minimum absolute atomic E-state index is 0.127. The first-order valence-electron chi connectivity index (χ1n) is 5.22. The SMILES string of the molecule is Cn1nnc(CC(=O)C2CCCNC2)n1. The van der Waals surface area contributed by atoms with Crippen LogP contribution in [0.25, 0.3) is 0 Å². The van der Waals surface area contributed by atoms with E-state index in [9.17, 15) is 4.79 Å². The van der Waals surface area contributed by atoms with Gasteiger partial charge in [0, 0.05) is 12.5 Å². The Morgan fingerprint density at radius 3 is 3.13 bits per heavy atom. The summed E-state index contributed by atoms with van der Waals surface area (Å²) in [6.45, 7) is 1.81. The van der Waals surface area contributed by atoms with Gasteiger partial charge in [0.15, 0.2) is 5.82 Å². The molecule has 1 aliphatic rings. The summed E-state index contributed by atoms with van der Waals surface area (Å²) in [4.78, 5) is 13.2. The van der Waals surface area contributed by atoms with Gasteiger partial charge in [-0.15, -0.1) is 10.2 Å². The molecule has 1 aliphatic heterocycles. The Morgan fingerprint density at radius 2 is 2.53 bits per heavy atom. The van der Waals surface area contributed by atoms with E-state index in [2.05, 4.69) is 20.7 Å². The lowest BCUT2D eigenvalue weighted by Crippen LogP contribution is -2.35. The molecule has 2 heterocycles. The Morgan fingerprint density at radius 1 is 1.67 bits per heavy atom. The van der Waals surface area contributed by atoms with E-state index < -0.39 is 0 Å². The number of hydrogen-bond donors (Lipinski definition) is 1. The molecule has 1 aromatic rings. The van der Waals surface area contributed by atoms with Crippen molar-refractivity contribution < 1.29 is 4.79 Å². The molecule has 0 aliphatic carbocycles. The van der Waals surface area contributed by atoms with Gasteiger partial charge < -0.3 is 5.32 Å². The standard InChI is InChI=1S/C9H15N5O/c1-14-12-9(11-13-14)5-8(15)7-3-2-4-10-6-7/h7,10H,2-6H2,1H3.